The third-order valence-corrected chi connectivity index (χ3v) is 4.08. The van der Waals surface area contributed by atoms with Gasteiger partial charge in [0, 0.05) is 16.1 Å². The molecule has 0 saturated heterocycles. The summed E-state index contributed by atoms with van der Waals surface area (Å²) >= 11 is 1.75. The first kappa shape index (κ1) is 13.0. The largest absolute Gasteiger partial charge is 0.299 e. The van der Waals surface area contributed by atoms with Gasteiger partial charge in [0.15, 0.2) is 0 Å². The molecule has 1 heterocycles. The number of imidazole rings is 1. The maximum absolute atomic E-state index is 4.30. The third kappa shape index (κ3) is 2.49. The summed E-state index contributed by atoms with van der Waals surface area (Å²) in [6.07, 6.45) is 5.86. The minimum absolute atomic E-state index is 1.11. The van der Waals surface area contributed by atoms with Gasteiger partial charge < -0.3 is 0 Å². The van der Waals surface area contributed by atoms with E-state index < -0.39 is 0 Å². The average molecular weight is 280 g/mol. The molecule has 0 atom stereocenters. The maximum Gasteiger partial charge on any atom is 0.0997 e. The van der Waals surface area contributed by atoms with E-state index in [1.807, 2.05) is 12.5 Å². The zero-order valence-corrected chi connectivity index (χ0v) is 12.4. The van der Waals surface area contributed by atoms with Gasteiger partial charge in [0.05, 0.1) is 18.2 Å². The highest BCUT2D eigenvalue weighted by Gasteiger charge is 2.06. The molecule has 2 nitrogen and oxygen atoms in total. The number of hydrogen-bond acceptors (Lipinski definition) is 2. The van der Waals surface area contributed by atoms with E-state index >= 15 is 0 Å². The van der Waals surface area contributed by atoms with Crippen molar-refractivity contribution in [3.05, 3.63) is 66.6 Å². The van der Waals surface area contributed by atoms with Crippen LogP contribution in [-0.2, 0) is 0 Å². The minimum Gasteiger partial charge on any atom is -0.299 e. The fraction of sp³-hybridized carbons (Fsp3) is 0.118. The van der Waals surface area contributed by atoms with Gasteiger partial charge in [-0.05, 0) is 37.4 Å². The molecule has 3 aromatic rings. The van der Waals surface area contributed by atoms with Crippen LogP contribution in [0.4, 0.5) is 0 Å². The van der Waals surface area contributed by atoms with Gasteiger partial charge in [-0.15, -0.1) is 11.8 Å². The molecule has 0 aliphatic rings. The first-order valence-corrected chi connectivity index (χ1v) is 7.74. The molecule has 0 aliphatic carbocycles. The quantitative estimate of drug-likeness (QED) is 0.654. The van der Waals surface area contributed by atoms with Crippen LogP contribution in [-0.4, -0.2) is 15.8 Å². The van der Waals surface area contributed by atoms with Crippen molar-refractivity contribution in [1.29, 1.82) is 0 Å². The Labute approximate surface area is 123 Å². The fourth-order valence-electron chi connectivity index (χ4n) is 2.18. The zero-order valence-electron chi connectivity index (χ0n) is 11.6. The van der Waals surface area contributed by atoms with Crippen molar-refractivity contribution >= 4 is 11.8 Å². The molecule has 0 spiro atoms. The molecule has 0 saturated carbocycles. The van der Waals surface area contributed by atoms with Gasteiger partial charge in [-0.2, -0.15) is 0 Å². The Bertz CT molecular complexity index is 697. The second-order valence-corrected chi connectivity index (χ2v) is 5.59. The Hall–Kier alpha value is -2.00. The molecule has 0 amide bonds. The molecule has 0 radical (unpaired) electrons. The number of hydrogen-bond donors (Lipinski definition) is 0. The summed E-state index contributed by atoms with van der Waals surface area (Å²) in [5.74, 6) is 0. The monoisotopic (exact) mass is 280 g/mol. The summed E-state index contributed by atoms with van der Waals surface area (Å²) in [6.45, 7) is 2.10. The molecule has 1 aromatic heterocycles. The minimum atomic E-state index is 1.11. The van der Waals surface area contributed by atoms with E-state index in [1.54, 1.807) is 11.8 Å². The third-order valence-electron chi connectivity index (χ3n) is 3.34. The maximum atomic E-state index is 4.30. The summed E-state index contributed by atoms with van der Waals surface area (Å²) in [7, 11) is 0. The number of nitrogens with zero attached hydrogens (tertiary/aromatic N) is 2. The highest BCUT2D eigenvalue weighted by atomic mass is 32.2. The van der Waals surface area contributed by atoms with Crippen LogP contribution in [0.5, 0.6) is 0 Å². The van der Waals surface area contributed by atoms with Gasteiger partial charge >= 0.3 is 0 Å². The summed E-state index contributed by atoms with van der Waals surface area (Å²) in [4.78, 5) is 5.57. The fourth-order valence-corrected chi connectivity index (χ4v) is 2.59. The lowest BCUT2D eigenvalue weighted by Crippen LogP contribution is -1.95. The van der Waals surface area contributed by atoms with Crippen molar-refractivity contribution < 1.29 is 0 Å². The van der Waals surface area contributed by atoms with Crippen LogP contribution in [0, 0.1) is 6.92 Å². The topological polar surface area (TPSA) is 17.8 Å². The van der Waals surface area contributed by atoms with E-state index in [0.29, 0.717) is 0 Å². The zero-order chi connectivity index (χ0) is 13.9. The van der Waals surface area contributed by atoms with Gasteiger partial charge in [-0.3, -0.25) is 4.57 Å². The van der Waals surface area contributed by atoms with Crippen LogP contribution >= 0.6 is 11.8 Å². The number of thioether (sulfide) groups is 1. The van der Waals surface area contributed by atoms with Crippen LogP contribution in [0.1, 0.15) is 5.56 Å². The average Bonchev–Trinajstić information content (AvgIpc) is 2.97. The van der Waals surface area contributed by atoms with Gasteiger partial charge in [-0.25, -0.2) is 4.98 Å². The smallest absolute Gasteiger partial charge is 0.0997 e. The first-order valence-electron chi connectivity index (χ1n) is 6.52. The lowest BCUT2D eigenvalue weighted by molar-refractivity contribution is 1.06. The van der Waals surface area contributed by atoms with E-state index in [1.165, 1.54) is 16.0 Å². The van der Waals surface area contributed by atoms with Crippen molar-refractivity contribution in [2.24, 2.45) is 0 Å². The van der Waals surface area contributed by atoms with E-state index in [9.17, 15) is 0 Å². The number of aromatic nitrogens is 2. The Balaban J connectivity index is 2.02. The molecule has 0 fully saturated rings. The van der Waals surface area contributed by atoms with E-state index in [0.717, 1.165) is 11.4 Å². The van der Waals surface area contributed by atoms with E-state index in [2.05, 4.69) is 71.3 Å². The number of benzene rings is 2. The van der Waals surface area contributed by atoms with Crippen molar-refractivity contribution in [2.75, 3.05) is 6.26 Å². The predicted octanol–water partition coefficient (Wildman–Crippen LogP) is 4.57. The second kappa shape index (κ2) is 5.55. The Morgan fingerprint density at radius 1 is 0.950 bits per heavy atom. The lowest BCUT2D eigenvalue weighted by atomic mass is 10.1. The molecule has 0 aliphatic heterocycles. The summed E-state index contributed by atoms with van der Waals surface area (Å²) in [5.41, 5.74) is 4.69. The molecule has 0 bridgehead atoms. The highest BCUT2D eigenvalue weighted by molar-refractivity contribution is 7.98. The summed E-state index contributed by atoms with van der Waals surface area (Å²) in [6, 6.07) is 17.1. The van der Waals surface area contributed by atoms with Gasteiger partial charge in [-0.1, -0.05) is 29.8 Å². The van der Waals surface area contributed by atoms with Crippen molar-refractivity contribution in [3.63, 3.8) is 0 Å². The SMILES string of the molecule is CSc1ccc(-c2cncn2-c2ccc(C)cc2)cc1. The highest BCUT2D eigenvalue weighted by Crippen LogP contribution is 2.25. The standard InChI is InChI=1S/C17H16N2S/c1-13-3-7-15(8-4-13)19-12-18-11-17(19)14-5-9-16(20-2)10-6-14/h3-12H,1-2H3. The Morgan fingerprint density at radius 3 is 2.30 bits per heavy atom. The van der Waals surface area contributed by atoms with Crippen LogP contribution in [0.25, 0.3) is 16.9 Å². The van der Waals surface area contributed by atoms with Gasteiger partial charge in [0.2, 0.25) is 0 Å². The van der Waals surface area contributed by atoms with Crippen LogP contribution < -0.4 is 0 Å². The van der Waals surface area contributed by atoms with Gasteiger partial charge in [0.1, 0.15) is 0 Å². The summed E-state index contributed by atoms with van der Waals surface area (Å²) < 4.78 is 2.12. The molecular formula is C17H16N2S. The van der Waals surface area contributed by atoms with E-state index in [4.69, 9.17) is 0 Å². The predicted molar refractivity (Wildman–Crippen MR) is 85.5 cm³/mol. The molecule has 20 heavy (non-hydrogen) atoms. The van der Waals surface area contributed by atoms with Crippen LogP contribution in [0.2, 0.25) is 0 Å². The lowest BCUT2D eigenvalue weighted by Gasteiger charge is -2.09. The van der Waals surface area contributed by atoms with Crippen LogP contribution in [0.15, 0.2) is 66.0 Å². The van der Waals surface area contributed by atoms with Crippen LogP contribution in [0.3, 0.4) is 0 Å². The number of aryl methyl sites for hydroxylation is 1. The summed E-state index contributed by atoms with van der Waals surface area (Å²) in [5, 5.41) is 0. The normalized spacial score (nSPS) is 10.7. The van der Waals surface area contributed by atoms with E-state index in [-0.39, 0.29) is 0 Å². The van der Waals surface area contributed by atoms with Gasteiger partial charge in [0.25, 0.3) is 0 Å². The Kier molecular flexibility index (Phi) is 3.61. The molecule has 3 heteroatoms. The van der Waals surface area contributed by atoms with Crippen molar-refractivity contribution in [2.45, 2.75) is 11.8 Å². The molecule has 0 unspecified atom stereocenters. The molecule has 3 rings (SSSR count). The number of rotatable bonds is 3. The second-order valence-electron chi connectivity index (χ2n) is 4.71. The molecule has 2 aromatic carbocycles. The van der Waals surface area contributed by atoms with Crippen molar-refractivity contribution in [1.82, 2.24) is 9.55 Å². The Morgan fingerprint density at radius 2 is 1.65 bits per heavy atom. The molecule has 0 N–H and O–H groups in total. The first-order chi connectivity index (χ1) is 9.78. The molecule has 100 valence electrons. The molecular weight excluding hydrogens is 264 g/mol. The van der Waals surface area contributed by atoms with Crippen molar-refractivity contribution in [3.8, 4) is 16.9 Å².